The number of carbonyl (C=O) groups excluding carboxylic acids is 2. The lowest BCUT2D eigenvalue weighted by atomic mass is 9.61. The molecule has 88 valence electrons. The number of amides is 2. The smallest absolute Gasteiger partial charge is 0.249 e. The molecule has 0 unspecified atom stereocenters. The molecule has 0 aromatic heterocycles. The number of fused-ring (bicyclic) bond motifs is 6. The summed E-state index contributed by atoms with van der Waals surface area (Å²) in [4.78, 5) is 23.4. The Labute approximate surface area is 97.5 Å². The molecule has 2 aliphatic heterocycles. The maximum atomic E-state index is 11.7. The Morgan fingerprint density at radius 3 is 1.82 bits per heavy atom. The molecule has 6 nitrogen and oxygen atoms in total. The molecule has 2 aliphatic carbocycles. The first-order valence-corrected chi connectivity index (χ1v) is 5.96. The number of nitrogens with one attached hydrogen (secondary N) is 2. The van der Waals surface area contributed by atoms with Crippen LogP contribution in [-0.2, 0) is 9.59 Å². The van der Waals surface area contributed by atoms with Crippen LogP contribution in [0.25, 0.3) is 0 Å². The quantitative estimate of drug-likeness (QED) is 0.596. The number of hydrogen-bond donors (Lipinski definition) is 2. The molecule has 2 bridgehead atoms. The van der Waals surface area contributed by atoms with Crippen LogP contribution in [0.1, 0.15) is 19.3 Å². The highest BCUT2D eigenvalue weighted by molar-refractivity contribution is 6.13. The first-order chi connectivity index (χ1) is 8.24. The largest absolute Gasteiger partial charge is 0.272 e. The monoisotopic (exact) mass is 232 g/mol. The van der Waals surface area contributed by atoms with Gasteiger partial charge < -0.3 is 0 Å². The van der Waals surface area contributed by atoms with Crippen LogP contribution in [0.5, 0.6) is 0 Å². The molecule has 17 heavy (non-hydrogen) atoms. The Morgan fingerprint density at radius 1 is 0.882 bits per heavy atom. The van der Waals surface area contributed by atoms with E-state index in [0.29, 0.717) is 0 Å². The summed E-state index contributed by atoms with van der Waals surface area (Å²) in [5.74, 6) is 0.422. The van der Waals surface area contributed by atoms with E-state index in [4.69, 9.17) is 0 Å². The number of hydrogen-bond acceptors (Lipinski definition) is 4. The van der Waals surface area contributed by atoms with Crippen LogP contribution >= 0.6 is 0 Å². The Morgan fingerprint density at radius 2 is 1.35 bits per heavy atom. The van der Waals surface area contributed by atoms with Crippen LogP contribution < -0.4 is 10.9 Å². The lowest BCUT2D eigenvalue weighted by Gasteiger charge is -2.40. The third-order valence-electron chi connectivity index (χ3n) is 4.39. The second kappa shape index (κ2) is 2.94. The van der Waals surface area contributed by atoms with Gasteiger partial charge >= 0.3 is 0 Å². The van der Waals surface area contributed by atoms with Crippen molar-refractivity contribution in [1.82, 2.24) is 10.9 Å². The minimum Gasteiger partial charge on any atom is -0.272 e. The average molecular weight is 232 g/mol. The van der Waals surface area contributed by atoms with Crippen molar-refractivity contribution < 1.29 is 9.59 Å². The van der Waals surface area contributed by atoms with Crippen LogP contribution in [0.3, 0.4) is 0 Å². The zero-order chi connectivity index (χ0) is 11.6. The highest BCUT2D eigenvalue weighted by Gasteiger charge is 2.52. The fraction of sp³-hybridized carbons (Fsp3) is 0.636. The van der Waals surface area contributed by atoms with Crippen molar-refractivity contribution in [2.24, 2.45) is 33.9 Å². The summed E-state index contributed by atoms with van der Waals surface area (Å²) in [5, 5.41) is 8.21. The number of hydrazone groups is 2. The van der Waals surface area contributed by atoms with Gasteiger partial charge in [-0.3, -0.25) is 9.59 Å². The molecule has 6 heteroatoms. The summed E-state index contributed by atoms with van der Waals surface area (Å²) < 4.78 is 0. The molecule has 4 aliphatic rings. The first-order valence-electron chi connectivity index (χ1n) is 5.96. The third kappa shape index (κ3) is 1.10. The molecule has 0 aromatic carbocycles. The van der Waals surface area contributed by atoms with E-state index in [-0.39, 0.29) is 35.5 Å². The molecule has 2 amide bonds. The second-order valence-corrected chi connectivity index (χ2v) is 5.28. The van der Waals surface area contributed by atoms with Crippen molar-refractivity contribution in [3.8, 4) is 0 Å². The number of carbonyl (C=O) groups is 2. The van der Waals surface area contributed by atoms with Gasteiger partial charge in [0, 0.05) is 0 Å². The van der Waals surface area contributed by atoms with Crippen LogP contribution in [-0.4, -0.2) is 23.2 Å². The summed E-state index contributed by atoms with van der Waals surface area (Å²) >= 11 is 0. The molecule has 2 saturated carbocycles. The fourth-order valence-corrected chi connectivity index (χ4v) is 3.75. The van der Waals surface area contributed by atoms with E-state index in [9.17, 15) is 9.59 Å². The molecule has 2 N–H and O–H groups in total. The molecule has 0 saturated heterocycles. The van der Waals surface area contributed by atoms with Gasteiger partial charge in [-0.25, -0.2) is 10.9 Å². The van der Waals surface area contributed by atoms with Gasteiger partial charge in [-0.1, -0.05) is 0 Å². The Hall–Kier alpha value is -1.72. The Kier molecular flexibility index (Phi) is 1.61. The molecule has 0 radical (unpaired) electrons. The maximum absolute atomic E-state index is 11.7. The van der Waals surface area contributed by atoms with Crippen molar-refractivity contribution in [3.05, 3.63) is 0 Å². The Bertz CT molecular complexity index is 452. The highest BCUT2D eigenvalue weighted by atomic mass is 16.2. The molecular formula is C11H12N4O2. The van der Waals surface area contributed by atoms with E-state index in [1.54, 1.807) is 0 Å². The number of nitrogens with zero attached hydrogens (tertiary/aromatic N) is 2. The lowest BCUT2D eigenvalue weighted by Crippen LogP contribution is -2.47. The van der Waals surface area contributed by atoms with Gasteiger partial charge in [0.15, 0.2) is 0 Å². The van der Waals surface area contributed by atoms with Gasteiger partial charge in [-0.2, -0.15) is 10.2 Å². The van der Waals surface area contributed by atoms with Crippen LogP contribution in [0.2, 0.25) is 0 Å². The van der Waals surface area contributed by atoms with Gasteiger partial charge in [0.25, 0.3) is 0 Å². The molecule has 2 fully saturated rings. The van der Waals surface area contributed by atoms with Crippen molar-refractivity contribution in [2.45, 2.75) is 19.3 Å². The van der Waals surface area contributed by atoms with Gasteiger partial charge in [0.1, 0.15) is 0 Å². The summed E-state index contributed by atoms with van der Waals surface area (Å²) in [6.45, 7) is 0. The van der Waals surface area contributed by atoms with Gasteiger partial charge in [-0.15, -0.1) is 0 Å². The summed E-state index contributed by atoms with van der Waals surface area (Å²) in [6.07, 6.45) is 2.43. The predicted molar refractivity (Wildman–Crippen MR) is 59.0 cm³/mol. The molecular weight excluding hydrogens is 220 g/mol. The van der Waals surface area contributed by atoms with Crippen molar-refractivity contribution >= 4 is 23.2 Å². The SMILES string of the molecule is O=C1NN=C2C[C@H]3C[C@@H](CC4=NNC(=O)[C@H]43)[C@H]12. The van der Waals surface area contributed by atoms with E-state index >= 15 is 0 Å². The van der Waals surface area contributed by atoms with Gasteiger partial charge in [0.05, 0.1) is 23.3 Å². The van der Waals surface area contributed by atoms with Crippen molar-refractivity contribution in [1.29, 1.82) is 0 Å². The van der Waals surface area contributed by atoms with E-state index < -0.39 is 0 Å². The molecule has 0 spiro atoms. The normalized spacial score (nSPS) is 42.1. The van der Waals surface area contributed by atoms with E-state index in [2.05, 4.69) is 21.1 Å². The molecule has 0 aromatic rings. The minimum absolute atomic E-state index is 0.0137. The van der Waals surface area contributed by atoms with E-state index in [1.807, 2.05) is 0 Å². The topological polar surface area (TPSA) is 82.9 Å². The zero-order valence-electron chi connectivity index (χ0n) is 9.14. The maximum Gasteiger partial charge on any atom is 0.249 e. The first kappa shape index (κ1) is 9.32. The van der Waals surface area contributed by atoms with Crippen molar-refractivity contribution in [3.63, 3.8) is 0 Å². The zero-order valence-corrected chi connectivity index (χ0v) is 9.14. The summed E-state index contributed by atoms with van der Waals surface area (Å²) in [7, 11) is 0. The van der Waals surface area contributed by atoms with E-state index in [0.717, 1.165) is 30.7 Å². The van der Waals surface area contributed by atoms with Gasteiger partial charge in [-0.05, 0) is 31.1 Å². The molecule has 4 rings (SSSR count). The van der Waals surface area contributed by atoms with Crippen LogP contribution in [0.15, 0.2) is 10.2 Å². The van der Waals surface area contributed by atoms with Crippen molar-refractivity contribution in [2.75, 3.05) is 0 Å². The van der Waals surface area contributed by atoms with E-state index in [1.165, 1.54) is 0 Å². The standard InChI is InChI=1S/C11H12N4O2/c16-10-8-4-1-5(3-7(8)13-15-10)9-6(2-4)12-14-11(9)17/h4-5,8-9H,1-3H2,(H,14,17)(H,15,16)/t4-,5+,8-,9-/m0/s1. The molecule has 2 heterocycles. The Balaban J connectivity index is 1.73. The highest BCUT2D eigenvalue weighted by Crippen LogP contribution is 2.45. The van der Waals surface area contributed by atoms with Crippen LogP contribution in [0.4, 0.5) is 0 Å². The summed E-state index contributed by atoms with van der Waals surface area (Å²) in [5.41, 5.74) is 7.00. The fourth-order valence-electron chi connectivity index (χ4n) is 3.75. The lowest BCUT2D eigenvalue weighted by molar-refractivity contribution is -0.124. The second-order valence-electron chi connectivity index (χ2n) is 5.28. The third-order valence-corrected chi connectivity index (χ3v) is 4.39. The molecule has 4 atom stereocenters. The summed E-state index contributed by atoms with van der Waals surface area (Å²) in [6, 6.07) is 0. The van der Waals surface area contributed by atoms with Gasteiger partial charge in [0.2, 0.25) is 11.8 Å². The average Bonchev–Trinajstić information content (AvgIpc) is 2.84. The number of rotatable bonds is 0. The van der Waals surface area contributed by atoms with Crippen LogP contribution in [0, 0.1) is 23.7 Å². The minimum atomic E-state index is -0.0781. The predicted octanol–water partition coefficient (Wildman–Crippen LogP) is -0.380.